The Labute approximate surface area is 119 Å². The van der Waals surface area contributed by atoms with Gasteiger partial charge in [0.25, 0.3) is 0 Å². The van der Waals surface area contributed by atoms with Gasteiger partial charge < -0.3 is 0 Å². The van der Waals surface area contributed by atoms with E-state index in [0.717, 1.165) is 22.0 Å². The summed E-state index contributed by atoms with van der Waals surface area (Å²) in [6, 6.07) is 7.87. The van der Waals surface area contributed by atoms with Crippen molar-refractivity contribution < 1.29 is 4.79 Å². The second-order valence-corrected chi connectivity index (χ2v) is 5.08. The van der Waals surface area contributed by atoms with Gasteiger partial charge in [0.05, 0.1) is 17.8 Å². The Morgan fingerprint density at radius 1 is 1.44 bits per heavy atom. The van der Waals surface area contributed by atoms with Gasteiger partial charge in [-0.3, -0.25) is 4.79 Å². The van der Waals surface area contributed by atoms with Crippen molar-refractivity contribution in [1.29, 1.82) is 0 Å². The predicted octanol–water partition coefficient (Wildman–Crippen LogP) is 3.72. The van der Waals surface area contributed by atoms with Crippen LogP contribution in [0, 0.1) is 0 Å². The molecule has 0 aliphatic heterocycles. The van der Waals surface area contributed by atoms with Crippen molar-refractivity contribution >= 4 is 33.8 Å². The number of hydrogen-bond donors (Lipinski definition) is 0. The summed E-state index contributed by atoms with van der Waals surface area (Å²) < 4.78 is 2.66. The van der Waals surface area contributed by atoms with Crippen LogP contribution in [0.15, 0.2) is 28.7 Å². The fourth-order valence-electron chi connectivity index (χ4n) is 1.77. The zero-order valence-electron chi connectivity index (χ0n) is 9.86. The normalized spacial score (nSPS) is 10.6. The van der Waals surface area contributed by atoms with Crippen LogP contribution < -0.4 is 0 Å². The third-order valence-electron chi connectivity index (χ3n) is 2.73. The summed E-state index contributed by atoms with van der Waals surface area (Å²) in [6.45, 7) is 2.50. The number of aldehydes is 1. The quantitative estimate of drug-likeness (QED) is 0.802. The molecule has 0 aliphatic rings. The SMILES string of the molecule is CCc1nn(Cc2ccccc2Br)c(Cl)c1C=O. The minimum absolute atomic E-state index is 0.401. The molecule has 2 rings (SSSR count). The van der Waals surface area contributed by atoms with Gasteiger partial charge in [-0.05, 0) is 18.1 Å². The van der Waals surface area contributed by atoms with Gasteiger partial charge in [0.2, 0.25) is 0 Å². The second-order valence-electron chi connectivity index (χ2n) is 3.87. The van der Waals surface area contributed by atoms with E-state index in [4.69, 9.17) is 11.6 Å². The van der Waals surface area contributed by atoms with Crippen molar-refractivity contribution in [3.05, 3.63) is 50.7 Å². The third kappa shape index (κ3) is 2.49. The molecular weight excluding hydrogens is 316 g/mol. The van der Waals surface area contributed by atoms with Crippen molar-refractivity contribution in [2.75, 3.05) is 0 Å². The van der Waals surface area contributed by atoms with Gasteiger partial charge in [-0.1, -0.05) is 52.7 Å². The molecule has 0 aliphatic carbocycles. The van der Waals surface area contributed by atoms with E-state index in [2.05, 4.69) is 21.0 Å². The summed E-state index contributed by atoms with van der Waals surface area (Å²) in [7, 11) is 0. The lowest BCUT2D eigenvalue weighted by Crippen LogP contribution is -2.03. The molecule has 0 atom stereocenters. The number of hydrogen-bond acceptors (Lipinski definition) is 2. The van der Waals surface area contributed by atoms with E-state index in [9.17, 15) is 4.79 Å². The van der Waals surface area contributed by atoms with Gasteiger partial charge in [-0.15, -0.1) is 0 Å². The third-order valence-corrected chi connectivity index (χ3v) is 3.90. The molecule has 18 heavy (non-hydrogen) atoms. The number of nitrogens with zero attached hydrogens (tertiary/aromatic N) is 2. The Morgan fingerprint density at radius 3 is 2.72 bits per heavy atom. The van der Waals surface area contributed by atoms with Crippen LogP contribution in [0.25, 0.3) is 0 Å². The number of rotatable bonds is 4. The molecule has 5 heteroatoms. The Kier molecular flexibility index (Phi) is 4.19. The highest BCUT2D eigenvalue weighted by Gasteiger charge is 2.15. The number of carbonyl (C=O) groups excluding carboxylic acids is 1. The van der Waals surface area contributed by atoms with Crippen LogP contribution >= 0.6 is 27.5 Å². The number of aromatic nitrogens is 2. The summed E-state index contributed by atoms with van der Waals surface area (Å²) >= 11 is 9.65. The van der Waals surface area contributed by atoms with E-state index in [1.165, 1.54) is 0 Å². The highest BCUT2D eigenvalue weighted by molar-refractivity contribution is 9.10. The van der Waals surface area contributed by atoms with Crippen LogP contribution in [0.2, 0.25) is 5.15 Å². The molecule has 0 unspecified atom stereocenters. The first kappa shape index (κ1) is 13.3. The van der Waals surface area contributed by atoms with Crippen LogP contribution in [-0.4, -0.2) is 16.1 Å². The summed E-state index contributed by atoms with van der Waals surface area (Å²) in [6.07, 6.45) is 1.46. The van der Waals surface area contributed by atoms with Crippen molar-refractivity contribution in [3.8, 4) is 0 Å². The molecule has 0 bridgehead atoms. The lowest BCUT2D eigenvalue weighted by Gasteiger charge is -2.05. The van der Waals surface area contributed by atoms with E-state index in [-0.39, 0.29) is 0 Å². The molecule has 0 fully saturated rings. The first-order valence-corrected chi connectivity index (χ1v) is 6.78. The van der Waals surface area contributed by atoms with Gasteiger partial charge >= 0.3 is 0 Å². The fourth-order valence-corrected chi connectivity index (χ4v) is 2.43. The maximum absolute atomic E-state index is 11.0. The van der Waals surface area contributed by atoms with Crippen LogP contribution in [0.3, 0.4) is 0 Å². The van der Waals surface area contributed by atoms with E-state index in [1.807, 2.05) is 31.2 Å². The first-order valence-electron chi connectivity index (χ1n) is 5.61. The molecule has 1 aromatic heterocycles. The van der Waals surface area contributed by atoms with Crippen LogP contribution in [0.5, 0.6) is 0 Å². The van der Waals surface area contributed by atoms with Gasteiger partial charge in [0.15, 0.2) is 6.29 Å². The Hall–Kier alpha value is -1.13. The minimum atomic E-state index is 0.401. The maximum atomic E-state index is 11.0. The average Bonchev–Trinajstić information content (AvgIpc) is 2.68. The summed E-state index contributed by atoms with van der Waals surface area (Å²) in [5, 5.41) is 4.77. The number of aryl methyl sites for hydroxylation is 1. The average molecular weight is 328 g/mol. The number of benzene rings is 1. The Morgan fingerprint density at radius 2 is 2.17 bits per heavy atom. The maximum Gasteiger partial charge on any atom is 0.155 e. The largest absolute Gasteiger partial charge is 0.298 e. The molecule has 0 spiro atoms. The Balaban J connectivity index is 2.38. The van der Waals surface area contributed by atoms with E-state index >= 15 is 0 Å². The molecule has 94 valence electrons. The summed E-state index contributed by atoms with van der Waals surface area (Å²) in [5.74, 6) is 0. The summed E-state index contributed by atoms with van der Waals surface area (Å²) in [4.78, 5) is 11.0. The Bertz CT molecular complexity index is 580. The smallest absolute Gasteiger partial charge is 0.155 e. The zero-order valence-corrected chi connectivity index (χ0v) is 12.2. The van der Waals surface area contributed by atoms with Crippen molar-refractivity contribution in [3.63, 3.8) is 0 Å². The van der Waals surface area contributed by atoms with Crippen molar-refractivity contribution in [2.45, 2.75) is 19.9 Å². The van der Waals surface area contributed by atoms with Gasteiger partial charge in [0, 0.05) is 4.47 Å². The van der Waals surface area contributed by atoms with Crippen LogP contribution in [0.1, 0.15) is 28.5 Å². The number of carbonyl (C=O) groups is 1. The molecule has 0 saturated carbocycles. The molecule has 1 aromatic carbocycles. The number of halogens is 2. The monoisotopic (exact) mass is 326 g/mol. The molecule has 3 nitrogen and oxygen atoms in total. The molecular formula is C13H12BrClN2O. The summed E-state index contributed by atoms with van der Waals surface area (Å²) in [5.41, 5.74) is 2.30. The van der Waals surface area contributed by atoms with E-state index in [0.29, 0.717) is 23.7 Å². The highest BCUT2D eigenvalue weighted by Crippen LogP contribution is 2.22. The van der Waals surface area contributed by atoms with Gasteiger partial charge in [0.1, 0.15) is 5.15 Å². The molecule has 0 saturated heterocycles. The van der Waals surface area contributed by atoms with Crippen molar-refractivity contribution in [1.82, 2.24) is 9.78 Å². The van der Waals surface area contributed by atoms with E-state index < -0.39 is 0 Å². The molecule has 0 amide bonds. The molecule has 0 N–H and O–H groups in total. The highest BCUT2D eigenvalue weighted by atomic mass is 79.9. The zero-order chi connectivity index (χ0) is 13.1. The first-order chi connectivity index (χ1) is 8.67. The van der Waals surface area contributed by atoms with Crippen molar-refractivity contribution in [2.24, 2.45) is 0 Å². The second kappa shape index (κ2) is 5.67. The van der Waals surface area contributed by atoms with Gasteiger partial charge in [-0.25, -0.2) is 4.68 Å². The predicted molar refractivity (Wildman–Crippen MR) is 75.2 cm³/mol. The standard InChI is InChI=1S/C13H12BrClN2O/c1-2-12-10(8-18)13(15)17(16-12)7-9-5-3-4-6-11(9)14/h3-6,8H,2,7H2,1H3. The fraction of sp³-hybridized carbons (Fsp3) is 0.231. The topological polar surface area (TPSA) is 34.9 Å². The molecule has 2 aromatic rings. The van der Waals surface area contributed by atoms with Crippen LogP contribution in [0.4, 0.5) is 0 Å². The molecule has 0 radical (unpaired) electrons. The lowest BCUT2D eigenvalue weighted by atomic mass is 10.2. The molecule has 1 heterocycles. The van der Waals surface area contributed by atoms with E-state index in [1.54, 1.807) is 4.68 Å². The van der Waals surface area contributed by atoms with Gasteiger partial charge in [-0.2, -0.15) is 5.10 Å². The van der Waals surface area contributed by atoms with Crippen LogP contribution in [-0.2, 0) is 13.0 Å². The minimum Gasteiger partial charge on any atom is -0.298 e. The lowest BCUT2D eigenvalue weighted by molar-refractivity contribution is 0.112.